The molecule has 1 aromatic carbocycles. The molecule has 0 radical (unpaired) electrons. The van der Waals surface area contributed by atoms with Gasteiger partial charge in [0.15, 0.2) is 0 Å². The van der Waals surface area contributed by atoms with Gasteiger partial charge in [-0.25, -0.2) is 4.79 Å². The molecule has 0 aliphatic rings. The first-order valence-electron chi connectivity index (χ1n) is 5.20. The number of hydrogen-bond donors (Lipinski definition) is 2. The van der Waals surface area contributed by atoms with Crippen LogP contribution in [0, 0.1) is 0 Å². The third-order valence-electron chi connectivity index (χ3n) is 2.49. The Balaban J connectivity index is 2.75. The minimum absolute atomic E-state index is 0.0198. The van der Waals surface area contributed by atoms with E-state index in [0.717, 1.165) is 0 Å². The Kier molecular flexibility index (Phi) is 3.09. The number of carbonyl (C=O) groups is 2. The van der Waals surface area contributed by atoms with E-state index in [4.69, 9.17) is 5.11 Å². The number of nitrogens with zero attached hydrogens (tertiary/aromatic N) is 1. The summed E-state index contributed by atoms with van der Waals surface area (Å²) >= 11 is 0. The lowest BCUT2D eigenvalue weighted by Gasteiger charge is -2.12. The lowest BCUT2D eigenvalue weighted by molar-refractivity contribution is -0.106. The number of carbonyl (C=O) groups excluding carboxylic acids is 1. The fourth-order valence-corrected chi connectivity index (χ4v) is 1.70. The highest BCUT2D eigenvalue weighted by molar-refractivity contribution is 5.92. The molecule has 2 rings (SSSR count). The maximum Gasteiger partial charge on any atom is 0.341 e. The fourth-order valence-electron chi connectivity index (χ4n) is 1.70. The Labute approximate surface area is 101 Å². The minimum atomic E-state index is -1.30. The highest BCUT2D eigenvalue weighted by atomic mass is 16.4. The second-order valence-electron chi connectivity index (χ2n) is 3.59. The van der Waals surface area contributed by atoms with Crippen LogP contribution in [-0.2, 0) is 4.79 Å². The van der Waals surface area contributed by atoms with Gasteiger partial charge in [-0.3, -0.25) is 9.47 Å². The number of carboxylic acid groups (broad SMARTS) is 1. The molecule has 2 aromatic rings. The lowest BCUT2D eigenvalue weighted by atomic mass is 10.1. The van der Waals surface area contributed by atoms with Crippen molar-refractivity contribution in [1.29, 1.82) is 0 Å². The molecule has 0 atom stereocenters. The van der Waals surface area contributed by atoms with Crippen molar-refractivity contribution >= 4 is 23.2 Å². The first-order chi connectivity index (χ1) is 8.65. The van der Waals surface area contributed by atoms with Crippen LogP contribution in [0.15, 0.2) is 35.3 Å². The van der Waals surface area contributed by atoms with Gasteiger partial charge in [0.05, 0.1) is 12.1 Å². The van der Waals surface area contributed by atoms with E-state index in [1.165, 1.54) is 10.9 Å². The van der Waals surface area contributed by atoms with Crippen molar-refractivity contribution < 1.29 is 14.7 Å². The Hall–Kier alpha value is -2.63. The summed E-state index contributed by atoms with van der Waals surface area (Å²) in [7, 11) is 0. The molecule has 18 heavy (non-hydrogen) atoms. The molecule has 0 fully saturated rings. The van der Waals surface area contributed by atoms with Crippen LogP contribution in [-0.4, -0.2) is 28.6 Å². The zero-order valence-corrected chi connectivity index (χ0v) is 9.29. The summed E-state index contributed by atoms with van der Waals surface area (Å²) in [5, 5.41) is 9.25. The summed E-state index contributed by atoms with van der Waals surface area (Å²) in [5.74, 6) is -1.30. The van der Waals surface area contributed by atoms with Gasteiger partial charge in [0, 0.05) is 11.6 Å². The monoisotopic (exact) mass is 246 g/mol. The standard InChI is InChI=1S/C12H10N2O4/c15-6-5-13-14-7-9(12(17)18)11(16)8-3-1-2-4-10(8)14/h1-4,6-7,13H,5H2,(H,17,18). The molecule has 0 saturated heterocycles. The normalized spacial score (nSPS) is 10.2. The van der Waals surface area contributed by atoms with Gasteiger partial charge in [0.1, 0.15) is 11.8 Å². The van der Waals surface area contributed by atoms with Crippen molar-refractivity contribution in [2.24, 2.45) is 0 Å². The van der Waals surface area contributed by atoms with E-state index < -0.39 is 11.4 Å². The number of carboxylic acids is 1. The Bertz CT molecular complexity index is 675. The van der Waals surface area contributed by atoms with Gasteiger partial charge in [-0.2, -0.15) is 0 Å². The topological polar surface area (TPSA) is 88.4 Å². The molecule has 0 bridgehead atoms. The summed E-state index contributed by atoms with van der Waals surface area (Å²) in [5.41, 5.74) is 2.35. The molecule has 1 aromatic heterocycles. The number of benzene rings is 1. The molecule has 0 saturated carbocycles. The number of aldehydes is 1. The summed E-state index contributed by atoms with van der Waals surface area (Å²) in [4.78, 5) is 33.2. The summed E-state index contributed by atoms with van der Waals surface area (Å²) in [6.45, 7) is 0.0198. The largest absolute Gasteiger partial charge is 0.477 e. The molecule has 92 valence electrons. The Morgan fingerprint density at radius 3 is 2.78 bits per heavy atom. The molecule has 0 amide bonds. The van der Waals surface area contributed by atoms with Gasteiger partial charge in [-0.15, -0.1) is 0 Å². The Morgan fingerprint density at radius 2 is 2.11 bits per heavy atom. The zero-order chi connectivity index (χ0) is 13.1. The number of hydrogen-bond acceptors (Lipinski definition) is 4. The molecular weight excluding hydrogens is 236 g/mol. The van der Waals surface area contributed by atoms with E-state index in [9.17, 15) is 14.4 Å². The van der Waals surface area contributed by atoms with E-state index in [-0.39, 0.29) is 17.5 Å². The molecule has 0 spiro atoms. The highest BCUT2D eigenvalue weighted by Gasteiger charge is 2.13. The van der Waals surface area contributed by atoms with Gasteiger partial charge >= 0.3 is 5.97 Å². The van der Waals surface area contributed by atoms with Crippen LogP contribution in [0.1, 0.15) is 10.4 Å². The van der Waals surface area contributed by atoms with Crippen molar-refractivity contribution in [1.82, 2.24) is 4.68 Å². The summed E-state index contributed by atoms with van der Waals surface area (Å²) in [6, 6.07) is 6.59. The summed E-state index contributed by atoms with van der Waals surface area (Å²) in [6.07, 6.45) is 1.82. The van der Waals surface area contributed by atoms with E-state index in [2.05, 4.69) is 5.43 Å². The number of pyridine rings is 1. The van der Waals surface area contributed by atoms with Crippen LogP contribution in [0.3, 0.4) is 0 Å². The number of aromatic carboxylic acids is 1. The fraction of sp³-hybridized carbons (Fsp3) is 0.0833. The maximum absolute atomic E-state index is 11.9. The first-order valence-corrected chi connectivity index (χ1v) is 5.20. The molecular formula is C12H10N2O4. The molecule has 6 heteroatoms. The number of fused-ring (bicyclic) bond motifs is 1. The number of rotatable bonds is 4. The quantitative estimate of drug-likeness (QED) is 0.764. The number of nitrogens with one attached hydrogen (secondary N) is 1. The van der Waals surface area contributed by atoms with Crippen LogP contribution in [0.2, 0.25) is 0 Å². The van der Waals surface area contributed by atoms with Gasteiger partial charge in [0.2, 0.25) is 5.43 Å². The van der Waals surface area contributed by atoms with E-state index in [1.807, 2.05) is 0 Å². The van der Waals surface area contributed by atoms with Crippen molar-refractivity contribution in [2.75, 3.05) is 12.0 Å². The van der Waals surface area contributed by atoms with E-state index >= 15 is 0 Å². The smallest absolute Gasteiger partial charge is 0.341 e. The van der Waals surface area contributed by atoms with Crippen LogP contribution in [0.4, 0.5) is 0 Å². The first kappa shape index (κ1) is 11.8. The van der Waals surface area contributed by atoms with Gasteiger partial charge in [0.25, 0.3) is 0 Å². The molecule has 6 nitrogen and oxygen atoms in total. The highest BCUT2D eigenvalue weighted by Crippen LogP contribution is 2.10. The third kappa shape index (κ3) is 1.95. The van der Waals surface area contributed by atoms with Crippen molar-refractivity contribution in [3.8, 4) is 0 Å². The van der Waals surface area contributed by atoms with Crippen molar-refractivity contribution in [3.63, 3.8) is 0 Å². The van der Waals surface area contributed by atoms with E-state index in [0.29, 0.717) is 11.8 Å². The molecule has 2 N–H and O–H groups in total. The van der Waals surface area contributed by atoms with Gasteiger partial charge < -0.3 is 15.3 Å². The van der Waals surface area contributed by atoms with Crippen molar-refractivity contribution in [2.45, 2.75) is 0 Å². The average molecular weight is 246 g/mol. The second kappa shape index (κ2) is 4.70. The average Bonchev–Trinajstić information content (AvgIpc) is 2.38. The lowest BCUT2D eigenvalue weighted by Crippen LogP contribution is -2.24. The van der Waals surface area contributed by atoms with Crippen LogP contribution in [0.5, 0.6) is 0 Å². The van der Waals surface area contributed by atoms with Gasteiger partial charge in [-0.05, 0) is 12.1 Å². The Morgan fingerprint density at radius 1 is 1.39 bits per heavy atom. The number of aromatic nitrogens is 1. The minimum Gasteiger partial charge on any atom is -0.477 e. The molecule has 0 unspecified atom stereocenters. The predicted octanol–water partition coefficient (Wildman–Crippen LogP) is 0.442. The van der Waals surface area contributed by atoms with Crippen LogP contribution in [0.25, 0.3) is 10.9 Å². The third-order valence-corrected chi connectivity index (χ3v) is 2.49. The zero-order valence-electron chi connectivity index (χ0n) is 9.29. The van der Waals surface area contributed by atoms with Crippen LogP contribution >= 0.6 is 0 Å². The van der Waals surface area contributed by atoms with Crippen LogP contribution < -0.4 is 10.9 Å². The SMILES string of the molecule is O=CCNn1cc(C(=O)O)c(=O)c2ccccc21. The maximum atomic E-state index is 11.9. The molecule has 0 aliphatic heterocycles. The summed E-state index contributed by atoms with van der Waals surface area (Å²) < 4.78 is 1.37. The second-order valence-corrected chi connectivity index (χ2v) is 3.59. The molecule has 1 heterocycles. The predicted molar refractivity (Wildman–Crippen MR) is 65.5 cm³/mol. The molecule has 0 aliphatic carbocycles. The van der Waals surface area contributed by atoms with E-state index in [1.54, 1.807) is 24.3 Å². The number of para-hydroxylation sites is 1. The van der Waals surface area contributed by atoms with Gasteiger partial charge in [-0.1, -0.05) is 12.1 Å². The van der Waals surface area contributed by atoms with Crippen molar-refractivity contribution in [3.05, 3.63) is 46.2 Å².